The van der Waals surface area contributed by atoms with E-state index in [0.717, 1.165) is 28.0 Å². The van der Waals surface area contributed by atoms with Crippen molar-refractivity contribution in [3.8, 4) is 0 Å². The topological polar surface area (TPSA) is 34.3 Å². The van der Waals surface area contributed by atoms with E-state index in [2.05, 4.69) is 10.3 Å². The van der Waals surface area contributed by atoms with E-state index in [1.807, 2.05) is 17.0 Å². The van der Waals surface area contributed by atoms with Gasteiger partial charge in [0.15, 0.2) is 0 Å². The molecule has 0 bridgehead atoms. The molecule has 0 aliphatic carbocycles. The maximum Gasteiger partial charge on any atom is 0.401 e. The predicted molar refractivity (Wildman–Crippen MR) is 127 cm³/mol. The number of rotatable bonds is 7. The number of hydrogen-bond donors (Lipinski definition) is 2. The SMILES string of the molecule is C[C@@H]1Cc2c([nH]c3ccccc23)[C@@H](c2c(F)cc(NCCN3CC(CF)C3)cc2F)N1CC(F)(F)F. The van der Waals surface area contributed by atoms with Crippen LogP contribution in [0.4, 0.5) is 32.0 Å². The van der Waals surface area contributed by atoms with Crippen LogP contribution in [0, 0.1) is 17.6 Å². The largest absolute Gasteiger partial charge is 0.401 e. The number of aromatic amines is 1. The third-order valence-corrected chi connectivity index (χ3v) is 7.24. The molecule has 1 saturated heterocycles. The lowest BCUT2D eigenvalue weighted by atomic mass is 9.88. The van der Waals surface area contributed by atoms with Crippen LogP contribution in [-0.2, 0) is 6.42 Å². The lowest BCUT2D eigenvalue weighted by Crippen LogP contribution is -2.49. The Kier molecular flexibility index (Phi) is 6.67. The second-order valence-electron chi connectivity index (χ2n) is 9.87. The summed E-state index contributed by atoms with van der Waals surface area (Å²) in [7, 11) is 0. The van der Waals surface area contributed by atoms with Gasteiger partial charge in [-0.15, -0.1) is 0 Å². The highest BCUT2D eigenvalue weighted by Crippen LogP contribution is 2.43. The summed E-state index contributed by atoms with van der Waals surface area (Å²) in [5.74, 6) is -1.77. The summed E-state index contributed by atoms with van der Waals surface area (Å²) in [5, 5.41) is 3.81. The molecule has 0 radical (unpaired) electrons. The van der Waals surface area contributed by atoms with Crippen LogP contribution in [0.3, 0.4) is 0 Å². The predicted octanol–water partition coefficient (Wildman–Crippen LogP) is 5.66. The summed E-state index contributed by atoms with van der Waals surface area (Å²) in [4.78, 5) is 6.31. The van der Waals surface area contributed by atoms with Gasteiger partial charge in [0.1, 0.15) is 11.6 Å². The number of halogens is 6. The van der Waals surface area contributed by atoms with Crippen molar-refractivity contribution in [2.45, 2.75) is 31.6 Å². The van der Waals surface area contributed by atoms with E-state index >= 15 is 8.78 Å². The van der Waals surface area contributed by atoms with Crippen LogP contribution in [0.5, 0.6) is 0 Å². The zero-order chi connectivity index (χ0) is 25.6. The fraction of sp³-hybridized carbons (Fsp3) is 0.462. The average molecular weight is 511 g/mol. The highest BCUT2D eigenvalue weighted by atomic mass is 19.4. The number of anilines is 1. The van der Waals surface area contributed by atoms with Gasteiger partial charge < -0.3 is 15.2 Å². The van der Waals surface area contributed by atoms with E-state index in [1.165, 1.54) is 0 Å². The summed E-state index contributed by atoms with van der Waals surface area (Å²) < 4.78 is 84.2. The molecule has 10 heteroatoms. The molecule has 5 rings (SSSR count). The molecule has 2 N–H and O–H groups in total. The minimum Gasteiger partial charge on any atom is -0.384 e. The number of H-pyrrole nitrogens is 1. The molecule has 2 aliphatic rings. The van der Waals surface area contributed by atoms with Gasteiger partial charge in [0, 0.05) is 66.0 Å². The molecule has 4 nitrogen and oxygen atoms in total. The van der Waals surface area contributed by atoms with Crippen molar-refractivity contribution in [3.05, 3.63) is 64.9 Å². The first-order valence-corrected chi connectivity index (χ1v) is 12.1. The minimum absolute atomic E-state index is 0.0474. The Morgan fingerprint density at radius 2 is 1.78 bits per heavy atom. The molecule has 0 saturated carbocycles. The first-order chi connectivity index (χ1) is 17.1. The first-order valence-electron chi connectivity index (χ1n) is 12.1. The van der Waals surface area contributed by atoms with Crippen molar-refractivity contribution in [3.63, 3.8) is 0 Å². The van der Waals surface area contributed by atoms with Gasteiger partial charge in [-0.25, -0.2) is 8.78 Å². The van der Waals surface area contributed by atoms with Crippen molar-refractivity contribution < 1.29 is 26.3 Å². The zero-order valence-electron chi connectivity index (χ0n) is 19.8. The maximum atomic E-state index is 15.5. The normalized spacial score (nSPS) is 21.5. The molecular formula is C26H28F6N4. The van der Waals surface area contributed by atoms with Gasteiger partial charge in [0.2, 0.25) is 0 Å². The van der Waals surface area contributed by atoms with Crippen LogP contribution < -0.4 is 5.32 Å². The third kappa shape index (κ3) is 4.80. The van der Waals surface area contributed by atoms with Crippen LogP contribution in [0.1, 0.15) is 29.8 Å². The number of para-hydroxylation sites is 1. The van der Waals surface area contributed by atoms with Crippen molar-refractivity contribution >= 4 is 16.6 Å². The number of hydrogen-bond acceptors (Lipinski definition) is 3. The second kappa shape index (κ2) is 9.63. The molecule has 0 spiro atoms. The fourth-order valence-corrected chi connectivity index (χ4v) is 5.53. The van der Waals surface area contributed by atoms with Crippen LogP contribution in [0.2, 0.25) is 0 Å². The Hall–Kier alpha value is -2.72. The first kappa shape index (κ1) is 25.0. The van der Waals surface area contributed by atoms with Gasteiger partial charge in [-0.1, -0.05) is 18.2 Å². The molecule has 1 aromatic heterocycles. The van der Waals surface area contributed by atoms with E-state index in [0.29, 0.717) is 43.8 Å². The lowest BCUT2D eigenvalue weighted by molar-refractivity contribution is -0.155. The van der Waals surface area contributed by atoms with Gasteiger partial charge in [-0.05, 0) is 37.1 Å². The third-order valence-electron chi connectivity index (χ3n) is 7.24. The Morgan fingerprint density at radius 1 is 1.08 bits per heavy atom. The summed E-state index contributed by atoms with van der Waals surface area (Å²) in [6.07, 6.45) is -4.21. The van der Waals surface area contributed by atoms with E-state index in [4.69, 9.17) is 0 Å². The Labute approximate surface area is 205 Å². The average Bonchev–Trinajstić information content (AvgIpc) is 3.14. The Balaban J connectivity index is 1.47. The number of nitrogens with one attached hydrogen (secondary N) is 2. The summed E-state index contributed by atoms with van der Waals surface area (Å²) in [6.45, 7) is 2.32. The van der Waals surface area contributed by atoms with Crippen LogP contribution in [-0.4, -0.2) is 66.4 Å². The zero-order valence-corrected chi connectivity index (χ0v) is 19.8. The van der Waals surface area contributed by atoms with Gasteiger partial charge in [0.05, 0.1) is 19.3 Å². The molecule has 2 atom stereocenters. The number of benzene rings is 2. The number of fused-ring (bicyclic) bond motifs is 3. The fourth-order valence-electron chi connectivity index (χ4n) is 5.53. The highest BCUT2D eigenvalue weighted by Gasteiger charge is 2.43. The van der Waals surface area contributed by atoms with E-state index in [-0.39, 0.29) is 18.3 Å². The van der Waals surface area contributed by atoms with Gasteiger partial charge in [-0.3, -0.25) is 9.29 Å². The number of nitrogens with zero attached hydrogens (tertiary/aromatic N) is 2. The van der Waals surface area contributed by atoms with Crippen molar-refractivity contribution in [1.82, 2.24) is 14.8 Å². The Bertz CT molecular complexity index is 1210. The molecule has 36 heavy (non-hydrogen) atoms. The Morgan fingerprint density at radius 3 is 2.44 bits per heavy atom. The second-order valence-corrected chi connectivity index (χ2v) is 9.87. The number of likely N-dealkylation sites (tertiary alicyclic amines) is 1. The van der Waals surface area contributed by atoms with E-state index < -0.39 is 42.0 Å². The molecule has 0 unspecified atom stereocenters. The maximum absolute atomic E-state index is 15.5. The van der Waals surface area contributed by atoms with E-state index in [1.54, 1.807) is 19.1 Å². The summed E-state index contributed by atoms with van der Waals surface area (Å²) >= 11 is 0. The molecule has 3 aromatic rings. The van der Waals surface area contributed by atoms with Crippen molar-refractivity contribution in [2.24, 2.45) is 5.92 Å². The molecular weight excluding hydrogens is 482 g/mol. The molecule has 3 heterocycles. The van der Waals surface area contributed by atoms with Gasteiger partial charge in [-0.2, -0.15) is 13.2 Å². The molecule has 194 valence electrons. The lowest BCUT2D eigenvalue weighted by Gasteiger charge is -2.41. The minimum atomic E-state index is -4.54. The number of alkyl halides is 4. The number of aromatic nitrogens is 1. The summed E-state index contributed by atoms with van der Waals surface area (Å²) in [5.41, 5.74) is 1.69. The highest BCUT2D eigenvalue weighted by molar-refractivity contribution is 5.85. The quantitative estimate of drug-likeness (QED) is 0.403. The van der Waals surface area contributed by atoms with Gasteiger partial charge in [0.25, 0.3) is 0 Å². The van der Waals surface area contributed by atoms with E-state index in [9.17, 15) is 17.6 Å². The molecule has 1 fully saturated rings. The van der Waals surface area contributed by atoms with Crippen LogP contribution >= 0.6 is 0 Å². The monoisotopic (exact) mass is 510 g/mol. The van der Waals surface area contributed by atoms with Crippen LogP contribution in [0.25, 0.3) is 10.9 Å². The van der Waals surface area contributed by atoms with Crippen molar-refractivity contribution in [1.29, 1.82) is 0 Å². The molecule has 0 amide bonds. The summed E-state index contributed by atoms with van der Waals surface area (Å²) in [6, 6.07) is 7.71. The van der Waals surface area contributed by atoms with Gasteiger partial charge >= 0.3 is 6.18 Å². The standard InChI is InChI=1S/C26H28F6N4/c1-15-8-19-18-4-2-3-5-22(18)34-24(19)25(36(15)14-26(30,31)32)23-20(28)9-17(10-21(23)29)33-6-7-35-12-16(11-27)13-35/h2-5,9-10,15-16,25,33-34H,6-8,11-14H2,1H3/t15-,25-/m1/s1. The smallest absolute Gasteiger partial charge is 0.384 e. The van der Waals surface area contributed by atoms with Crippen molar-refractivity contribution in [2.75, 3.05) is 44.7 Å². The molecule has 2 aromatic carbocycles. The van der Waals surface area contributed by atoms with Crippen LogP contribution in [0.15, 0.2) is 36.4 Å². The molecule has 2 aliphatic heterocycles.